The van der Waals surface area contributed by atoms with E-state index in [0.717, 1.165) is 0 Å². The molecule has 0 aliphatic heterocycles. The van der Waals surface area contributed by atoms with Crippen molar-refractivity contribution in [2.24, 2.45) is 5.73 Å². The predicted octanol–water partition coefficient (Wildman–Crippen LogP) is 0.592. The molecule has 14 heavy (non-hydrogen) atoms. The van der Waals surface area contributed by atoms with E-state index >= 15 is 0 Å². The van der Waals surface area contributed by atoms with Crippen LogP contribution in [0.2, 0.25) is 0 Å². The largest absolute Gasteiger partial charge is 0.445 e. The molecule has 1 rings (SSSR count). The lowest BCUT2D eigenvalue weighted by Crippen LogP contribution is -2.15. The van der Waals surface area contributed by atoms with Crippen LogP contribution in [0.3, 0.4) is 0 Å². The number of aliphatic hydroxyl groups excluding tert-OH is 1. The highest BCUT2D eigenvalue weighted by molar-refractivity contribution is 7.11. The van der Waals surface area contributed by atoms with Gasteiger partial charge >= 0.3 is 6.18 Å². The highest BCUT2D eigenvalue weighted by atomic mass is 32.1. The number of halogens is 3. The maximum atomic E-state index is 12.1. The van der Waals surface area contributed by atoms with Crippen LogP contribution < -0.4 is 5.73 Å². The maximum absolute atomic E-state index is 12.1. The van der Waals surface area contributed by atoms with Crippen LogP contribution in [0.4, 0.5) is 13.2 Å². The van der Waals surface area contributed by atoms with Gasteiger partial charge in [-0.25, -0.2) is 0 Å². The summed E-state index contributed by atoms with van der Waals surface area (Å²) in [4.78, 5) is 0. The molecule has 0 spiro atoms. The first-order valence-corrected chi connectivity index (χ1v) is 4.52. The second-order valence-corrected chi connectivity index (χ2v) is 3.57. The van der Waals surface area contributed by atoms with Crippen LogP contribution in [0.15, 0.2) is 0 Å². The summed E-state index contributed by atoms with van der Waals surface area (Å²) in [6, 6.07) is 0. The first-order valence-electron chi connectivity index (χ1n) is 3.70. The number of hydrogen-bond acceptors (Lipinski definition) is 5. The van der Waals surface area contributed by atoms with Crippen molar-refractivity contribution in [2.45, 2.75) is 12.1 Å². The van der Waals surface area contributed by atoms with Crippen molar-refractivity contribution >= 4 is 11.3 Å². The lowest BCUT2D eigenvalue weighted by molar-refractivity contribution is -0.138. The van der Waals surface area contributed by atoms with E-state index in [1.807, 2.05) is 0 Å². The van der Waals surface area contributed by atoms with Crippen molar-refractivity contribution in [2.75, 3.05) is 13.2 Å². The molecule has 1 atom stereocenters. The van der Waals surface area contributed by atoms with Crippen molar-refractivity contribution in [3.8, 4) is 0 Å². The lowest BCUT2D eigenvalue weighted by Gasteiger charge is -2.05. The Kier molecular flexibility index (Phi) is 3.40. The van der Waals surface area contributed by atoms with Gasteiger partial charge in [-0.2, -0.15) is 13.2 Å². The summed E-state index contributed by atoms with van der Waals surface area (Å²) < 4.78 is 36.3. The molecule has 0 aliphatic carbocycles. The Morgan fingerprint density at radius 2 is 2.07 bits per heavy atom. The molecule has 0 fully saturated rings. The molecule has 8 heteroatoms. The SMILES string of the molecule is NCC(CO)c1nnc(C(F)(F)F)s1. The number of nitrogens with two attached hydrogens (primary N) is 1. The molecular formula is C6H8F3N3OS. The fraction of sp³-hybridized carbons (Fsp3) is 0.667. The summed E-state index contributed by atoms with van der Waals surface area (Å²) in [7, 11) is 0. The van der Waals surface area contributed by atoms with E-state index in [2.05, 4.69) is 10.2 Å². The van der Waals surface area contributed by atoms with Gasteiger partial charge in [0.15, 0.2) is 0 Å². The van der Waals surface area contributed by atoms with E-state index in [9.17, 15) is 13.2 Å². The molecule has 80 valence electrons. The van der Waals surface area contributed by atoms with E-state index in [-0.39, 0.29) is 18.2 Å². The first-order chi connectivity index (χ1) is 6.49. The summed E-state index contributed by atoms with van der Waals surface area (Å²) in [6.45, 7) is -0.286. The summed E-state index contributed by atoms with van der Waals surface area (Å²) >= 11 is 0.410. The van der Waals surface area contributed by atoms with Crippen molar-refractivity contribution in [1.82, 2.24) is 10.2 Å². The smallest absolute Gasteiger partial charge is 0.396 e. The van der Waals surface area contributed by atoms with Gasteiger partial charge in [0.1, 0.15) is 5.01 Å². The van der Waals surface area contributed by atoms with Crippen LogP contribution >= 0.6 is 11.3 Å². The third kappa shape index (κ3) is 2.40. The quantitative estimate of drug-likeness (QED) is 0.792. The van der Waals surface area contributed by atoms with Crippen LogP contribution in [0, 0.1) is 0 Å². The van der Waals surface area contributed by atoms with Crippen LogP contribution in [0.5, 0.6) is 0 Å². The number of nitrogens with zero attached hydrogens (tertiary/aromatic N) is 2. The average molecular weight is 227 g/mol. The number of hydrogen-bond donors (Lipinski definition) is 2. The van der Waals surface area contributed by atoms with Gasteiger partial charge in [-0.1, -0.05) is 11.3 Å². The lowest BCUT2D eigenvalue weighted by atomic mass is 10.2. The molecule has 3 N–H and O–H groups in total. The fourth-order valence-corrected chi connectivity index (χ4v) is 1.58. The second-order valence-electron chi connectivity index (χ2n) is 2.56. The molecule has 0 aliphatic rings. The molecule has 0 bridgehead atoms. The number of aliphatic hydroxyl groups is 1. The summed E-state index contributed by atoms with van der Waals surface area (Å²) in [5, 5.41) is 14.2. The Morgan fingerprint density at radius 1 is 1.43 bits per heavy atom. The Labute approximate surface area is 81.6 Å². The summed E-state index contributed by atoms with van der Waals surface area (Å²) in [5.74, 6) is -0.566. The maximum Gasteiger partial charge on any atom is 0.445 e. The number of rotatable bonds is 3. The number of aromatic nitrogens is 2. The third-order valence-electron chi connectivity index (χ3n) is 1.54. The fourth-order valence-electron chi connectivity index (χ4n) is 0.768. The predicted molar refractivity (Wildman–Crippen MR) is 43.8 cm³/mol. The van der Waals surface area contributed by atoms with Gasteiger partial charge in [-0.3, -0.25) is 0 Å². The second kappa shape index (κ2) is 4.20. The van der Waals surface area contributed by atoms with E-state index in [1.165, 1.54) is 0 Å². The van der Waals surface area contributed by atoms with Gasteiger partial charge in [0.25, 0.3) is 0 Å². The Morgan fingerprint density at radius 3 is 2.43 bits per heavy atom. The molecule has 1 unspecified atom stereocenters. The summed E-state index contributed by atoms with van der Waals surface area (Å²) in [6.07, 6.45) is -4.48. The van der Waals surface area contributed by atoms with Crippen molar-refractivity contribution < 1.29 is 18.3 Å². The van der Waals surface area contributed by atoms with Crippen molar-refractivity contribution in [1.29, 1.82) is 0 Å². The highest BCUT2D eigenvalue weighted by Crippen LogP contribution is 2.33. The Hall–Kier alpha value is -0.730. The molecule has 0 saturated carbocycles. The molecule has 1 heterocycles. The monoisotopic (exact) mass is 227 g/mol. The molecule has 0 saturated heterocycles. The molecule has 0 amide bonds. The van der Waals surface area contributed by atoms with Crippen molar-refractivity contribution in [3.63, 3.8) is 0 Å². The summed E-state index contributed by atoms with van der Waals surface area (Å²) in [5.41, 5.74) is 5.23. The van der Waals surface area contributed by atoms with Gasteiger partial charge in [-0.05, 0) is 0 Å². The van der Waals surface area contributed by atoms with Crippen LogP contribution in [0.1, 0.15) is 15.9 Å². The Balaban J connectivity index is 2.87. The van der Waals surface area contributed by atoms with Gasteiger partial charge in [0.05, 0.1) is 6.61 Å². The normalized spacial score (nSPS) is 14.4. The van der Waals surface area contributed by atoms with Gasteiger partial charge < -0.3 is 10.8 Å². The standard InChI is InChI=1S/C6H8F3N3OS/c7-6(8,9)5-12-11-4(14-5)3(1-10)2-13/h3,13H,1-2,10H2. The third-order valence-corrected chi connectivity index (χ3v) is 2.67. The van der Waals surface area contributed by atoms with E-state index < -0.39 is 17.1 Å². The molecule has 4 nitrogen and oxygen atoms in total. The first kappa shape index (κ1) is 11.3. The minimum Gasteiger partial charge on any atom is -0.396 e. The van der Waals surface area contributed by atoms with Crippen molar-refractivity contribution in [3.05, 3.63) is 10.0 Å². The van der Waals surface area contributed by atoms with E-state index in [1.54, 1.807) is 0 Å². The molecule has 0 radical (unpaired) electrons. The van der Waals surface area contributed by atoms with E-state index in [4.69, 9.17) is 10.8 Å². The van der Waals surface area contributed by atoms with Gasteiger partial charge in [0, 0.05) is 12.5 Å². The van der Waals surface area contributed by atoms with Gasteiger partial charge in [-0.15, -0.1) is 10.2 Å². The zero-order valence-corrected chi connectivity index (χ0v) is 7.77. The zero-order chi connectivity index (χ0) is 10.8. The van der Waals surface area contributed by atoms with Crippen LogP contribution in [0.25, 0.3) is 0 Å². The Bertz CT molecular complexity index is 297. The molecular weight excluding hydrogens is 219 g/mol. The highest BCUT2D eigenvalue weighted by Gasteiger charge is 2.36. The molecule has 1 aromatic heterocycles. The minimum atomic E-state index is -4.48. The minimum absolute atomic E-state index is 0.0446. The molecule has 1 aromatic rings. The zero-order valence-electron chi connectivity index (χ0n) is 6.95. The molecule has 0 aromatic carbocycles. The topological polar surface area (TPSA) is 72.0 Å². The van der Waals surface area contributed by atoms with Gasteiger partial charge in [0.2, 0.25) is 5.01 Å². The average Bonchev–Trinajstić information content (AvgIpc) is 2.54. The van der Waals surface area contributed by atoms with Crippen LogP contribution in [-0.4, -0.2) is 28.5 Å². The van der Waals surface area contributed by atoms with Crippen LogP contribution in [-0.2, 0) is 6.18 Å². The number of alkyl halides is 3. The van der Waals surface area contributed by atoms with E-state index in [0.29, 0.717) is 11.3 Å².